The van der Waals surface area contributed by atoms with Gasteiger partial charge in [-0.15, -0.1) is 11.8 Å². The molecule has 2 nitrogen and oxygen atoms in total. The Morgan fingerprint density at radius 1 is 1.20 bits per heavy atom. The molecule has 2 aromatic carbocycles. The van der Waals surface area contributed by atoms with Gasteiger partial charge in [-0.3, -0.25) is 0 Å². The van der Waals surface area contributed by atoms with Crippen LogP contribution in [0.5, 0.6) is 0 Å². The first-order valence-electron chi connectivity index (χ1n) is 6.59. The standard InChI is InChI=1S/C16H16ClNOS/c17-13-7-3-6-12-15(14(19)8-18)11-5-2-1-4-10(11)9-20-16(12)13/h1-7,14-15,19H,8-9,18H2. The van der Waals surface area contributed by atoms with E-state index in [9.17, 15) is 5.11 Å². The van der Waals surface area contributed by atoms with Crippen LogP contribution < -0.4 is 5.73 Å². The van der Waals surface area contributed by atoms with Crippen LogP contribution in [0.3, 0.4) is 0 Å². The van der Waals surface area contributed by atoms with Crippen LogP contribution in [0.25, 0.3) is 0 Å². The minimum absolute atomic E-state index is 0.111. The first-order valence-corrected chi connectivity index (χ1v) is 7.96. The molecule has 1 aliphatic rings. The summed E-state index contributed by atoms with van der Waals surface area (Å²) in [6.45, 7) is 0.232. The molecule has 0 fully saturated rings. The predicted octanol–water partition coefficient (Wildman–Crippen LogP) is 3.40. The maximum Gasteiger partial charge on any atom is 0.0771 e. The van der Waals surface area contributed by atoms with E-state index in [-0.39, 0.29) is 12.5 Å². The van der Waals surface area contributed by atoms with Crippen LogP contribution >= 0.6 is 23.4 Å². The first-order chi connectivity index (χ1) is 9.72. The molecule has 3 rings (SSSR count). The lowest BCUT2D eigenvalue weighted by atomic mass is 9.84. The number of fused-ring (bicyclic) bond motifs is 2. The topological polar surface area (TPSA) is 46.2 Å². The van der Waals surface area contributed by atoms with Gasteiger partial charge in [0.15, 0.2) is 0 Å². The van der Waals surface area contributed by atoms with E-state index in [1.54, 1.807) is 11.8 Å². The molecule has 20 heavy (non-hydrogen) atoms. The van der Waals surface area contributed by atoms with Crippen molar-refractivity contribution in [3.63, 3.8) is 0 Å². The fourth-order valence-corrected chi connectivity index (χ4v) is 4.24. The normalized spacial score (nSPS) is 18.9. The predicted molar refractivity (Wildman–Crippen MR) is 84.4 cm³/mol. The van der Waals surface area contributed by atoms with Crippen LogP contribution in [0.4, 0.5) is 0 Å². The van der Waals surface area contributed by atoms with Crippen molar-refractivity contribution in [3.8, 4) is 0 Å². The summed E-state index contributed by atoms with van der Waals surface area (Å²) in [5, 5.41) is 11.2. The largest absolute Gasteiger partial charge is 0.391 e. The van der Waals surface area contributed by atoms with Crippen LogP contribution in [0, 0.1) is 0 Å². The fourth-order valence-electron chi connectivity index (χ4n) is 2.76. The van der Waals surface area contributed by atoms with E-state index in [2.05, 4.69) is 12.1 Å². The fraction of sp³-hybridized carbons (Fsp3) is 0.250. The van der Waals surface area contributed by atoms with Gasteiger partial charge in [0.1, 0.15) is 0 Å². The number of halogens is 1. The van der Waals surface area contributed by atoms with Gasteiger partial charge in [-0.25, -0.2) is 0 Å². The molecule has 3 N–H and O–H groups in total. The Morgan fingerprint density at radius 3 is 2.75 bits per heavy atom. The molecule has 1 heterocycles. The Labute approximate surface area is 128 Å². The van der Waals surface area contributed by atoms with Gasteiger partial charge in [0.25, 0.3) is 0 Å². The molecule has 0 aromatic heterocycles. The van der Waals surface area contributed by atoms with Crippen LogP contribution in [0.15, 0.2) is 47.4 Å². The van der Waals surface area contributed by atoms with Crippen LogP contribution in [-0.4, -0.2) is 17.8 Å². The summed E-state index contributed by atoms with van der Waals surface area (Å²) >= 11 is 8.06. The SMILES string of the molecule is NCC(O)C1c2ccccc2CSc2c(Cl)cccc21. The van der Waals surface area contributed by atoms with Crippen molar-refractivity contribution in [1.29, 1.82) is 0 Å². The Kier molecular flexibility index (Phi) is 4.03. The van der Waals surface area contributed by atoms with Crippen molar-refractivity contribution in [2.45, 2.75) is 22.7 Å². The number of benzene rings is 2. The van der Waals surface area contributed by atoms with Crippen molar-refractivity contribution in [2.75, 3.05) is 6.54 Å². The number of nitrogens with two attached hydrogens (primary N) is 1. The molecule has 0 bridgehead atoms. The van der Waals surface area contributed by atoms with E-state index in [4.69, 9.17) is 17.3 Å². The van der Waals surface area contributed by atoms with Crippen LogP contribution in [0.1, 0.15) is 22.6 Å². The number of rotatable bonds is 2. The lowest BCUT2D eigenvalue weighted by molar-refractivity contribution is 0.163. The van der Waals surface area contributed by atoms with Gasteiger partial charge in [0, 0.05) is 23.1 Å². The number of aliphatic hydroxyl groups is 1. The van der Waals surface area contributed by atoms with E-state index in [0.717, 1.165) is 26.8 Å². The van der Waals surface area contributed by atoms with E-state index in [1.165, 1.54) is 5.56 Å². The highest BCUT2D eigenvalue weighted by molar-refractivity contribution is 7.98. The average molecular weight is 306 g/mol. The van der Waals surface area contributed by atoms with Gasteiger partial charge in [0.2, 0.25) is 0 Å². The summed E-state index contributed by atoms with van der Waals surface area (Å²) in [4.78, 5) is 1.06. The molecule has 0 amide bonds. The highest BCUT2D eigenvalue weighted by atomic mass is 35.5. The molecule has 2 atom stereocenters. The minimum atomic E-state index is -0.605. The zero-order chi connectivity index (χ0) is 14.1. The Balaban J connectivity index is 2.22. The van der Waals surface area contributed by atoms with Gasteiger partial charge in [-0.1, -0.05) is 48.0 Å². The van der Waals surface area contributed by atoms with Crippen molar-refractivity contribution in [2.24, 2.45) is 5.73 Å². The van der Waals surface area contributed by atoms with Gasteiger partial charge in [-0.05, 0) is 22.8 Å². The van der Waals surface area contributed by atoms with Crippen molar-refractivity contribution >= 4 is 23.4 Å². The minimum Gasteiger partial charge on any atom is -0.391 e. The van der Waals surface area contributed by atoms with Crippen molar-refractivity contribution in [1.82, 2.24) is 0 Å². The van der Waals surface area contributed by atoms with E-state index in [0.29, 0.717) is 0 Å². The average Bonchev–Trinajstić information content (AvgIpc) is 2.64. The summed E-state index contributed by atoms with van der Waals surface area (Å²) in [7, 11) is 0. The van der Waals surface area contributed by atoms with Crippen molar-refractivity contribution in [3.05, 3.63) is 64.2 Å². The molecular weight excluding hydrogens is 290 g/mol. The summed E-state index contributed by atoms with van der Waals surface area (Å²) in [6.07, 6.45) is -0.605. The molecule has 2 unspecified atom stereocenters. The maximum atomic E-state index is 10.4. The first kappa shape index (κ1) is 14.0. The van der Waals surface area contributed by atoms with Gasteiger partial charge in [0.05, 0.1) is 11.1 Å². The lowest BCUT2D eigenvalue weighted by Gasteiger charge is -2.24. The van der Waals surface area contributed by atoms with Crippen molar-refractivity contribution < 1.29 is 5.11 Å². The molecule has 0 saturated heterocycles. The smallest absolute Gasteiger partial charge is 0.0771 e. The molecule has 0 aliphatic carbocycles. The number of hydrogen-bond donors (Lipinski definition) is 2. The number of hydrogen-bond acceptors (Lipinski definition) is 3. The van der Waals surface area contributed by atoms with E-state index in [1.807, 2.05) is 30.3 Å². The molecule has 0 spiro atoms. The molecule has 0 saturated carbocycles. The molecule has 4 heteroatoms. The summed E-state index contributed by atoms with van der Waals surface area (Å²) < 4.78 is 0. The Hall–Kier alpha value is -1.00. The maximum absolute atomic E-state index is 10.4. The highest BCUT2D eigenvalue weighted by Crippen LogP contribution is 2.44. The molecule has 0 radical (unpaired) electrons. The zero-order valence-corrected chi connectivity index (χ0v) is 12.5. The summed E-state index contributed by atoms with van der Waals surface area (Å²) in [5.74, 6) is 0.751. The molecule has 104 valence electrons. The van der Waals surface area contributed by atoms with Crippen LogP contribution in [-0.2, 0) is 5.75 Å². The lowest BCUT2D eigenvalue weighted by Crippen LogP contribution is -2.28. The van der Waals surface area contributed by atoms with Crippen LogP contribution in [0.2, 0.25) is 5.02 Å². The van der Waals surface area contributed by atoms with Gasteiger partial charge < -0.3 is 10.8 Å². The summed E-state index contributed by atoms with van der Waals surface area (Å²) in [6, 6.07) is 14.1. The second-order valence-corrected chi connectivity index (χ2v) is 6.32. The van der Waals surface area contributed by atoms with Gasteiger partial charge >= 0.3 is 0 Å². The highest BCUT2D eigenvalue weighted by Gasteiger charge is 2.29. The Morgan fingerprint density at radius 2 is 1.95 bits per heavy atom. The zero-order valence-electron chi connectivity index (χ0n) is 10.9. The summed E-state index contributed by atoms with van der Waals surface area (Å²) in [5.41, 5.74) is 9.18. The van der Waals surface area contributed by atoms with E-state index < -0.39 is 6.10 Å². The third-order valence-corrected chi connectivity index (χ3v) is 5.35. The quantitative estimate of drug-likeness (QED) is 0.894. The van der Waals surface area contributed by atoms with Gasteiger partial charge in [-0.2, -0.15) is 0 Å². The third-order valence-electron chi connectivity index (χ3n) is 3.72. The second-order valence-electron chi connectivity index (χ2n) is 4.93. The van der Waals surface area contributed by atoms with E-state index >= 15 is 0 Å². The monoisotopic (exact) mass is 305 g/mol. The molecule has 2 aromatic rings. The third kappa shape index (κ3) is 2.35. The Bertz CT molecular complexity index is 632. The molecule has 1 aliphatic heterocycles. The second kappa shape index (κ2) is 5.78. The molecular formula is C16H16ClNOS. The number of thioether (sulfide) groups is 1. The number of aliphatic hydroxyl groups excluding tert-OH is 1.